The van der Waals surface area contributed by atoms with Crippen molar-refractivity contribution in [3.8, 4) is 0 Å². The van der Waals surface area contributed by atoms with Crippen LogP contribution < -0.4 is 5.32 Å². The molecule has 90 heavy (non-hydrogen) atoms. The zero-order valence-electron chi connectivity index (χ0n) is 54.6. The summed E-state index contributed by atoms with van der Waals surface area (Å²) in [4.78, 5) is 13.4. The number of amides is 1. The number of carbonyl (C=O) groups is 1. The van der Waals surface area contributed by atoms with E-state index in [1.54, 1.807) is 6.08 Å². The van der Waals surface area contributed by atoms with Crippen molar-refractivity contribution in [1.82, 2.24) is 5.32 Å². The third-order valence-corrected chi connectivity index (χ3v) is 16.6. The van der Waals surface area contributed by atoms with Gasteiger partial charge in [0.2, 0.25) is 5.91 Å². The first kappa shape index (κ1) is 80.9. The monoisotopic (exact) mass is 1280 g/mol. The maximum absolute atomic E-state index is 13.4. The van der Waals surface area contributed by atoms with Gasteiger partial charge in [0.25, 0.3) is 0 Å². The molecule has 3 rings (SSSR count). The lowest BCUT2D eigenvalue weighted by atomic mass is 9.96. The lowest BCUT2D eigenvalue weighted by Gasteiger charge is -2.48. The summed E-state index contributed by atoms with van der Waals surface area (Å²) in [6.45, 7) is 1.57. The van der Waals surface area contributed by atoms with Gasteiger partial charge < -0.3 is 89.9 Å². The van der Waals surface area contributed by atoms with Crippen LogP contribution in [-0.4, -0.2) is 193 Å². The summed E-state index contributed by atoms with van der Waals surface area (Å²) >= 11 is 0. The highest BCUT2D eigenvalue weighted by Gasteiger charge is 2.53. The van der Waals surface area contributed by atoms with Crippen LogP contribution in [0.25, 0.3) is 0 Å². The van der Waals surface area contributed by atoms with E-state index < -0.39 is 124 Å². The molecule has 518 valence electrons. The fraction of sp³-hybridized carbons (Fsp3) is 0.761. The quantitative estimate of drug-likeness (QED) is 0.0200. The normalized spacial score (nSPS) is 28.7. The molecule has 1 amide bonds. The molecule has 3 heterocycles. The summed E-state index contributed by atoms with van der Waals surface area (Å²) in [6.07, 6.45) is 40.9. The maximum atomic E-state index is 13.4. The molecule has 0 aromatic heterocycles. The molecular formula is C71H121NO18. The average molecular weight is 1280 g/mol. The summed E-state index contributed by atoms with van der Waals surface area (Å²) in [6, 6.07) is -1.01. The van der Waals surface area contributed by atoms with Crippen LogP contribution in [0.3, 0.4) is 0 Å². The van der Waals surface area contributed by atoms with Crippen LogP contribution >= 0.6 is 0 Å². The van der Waals surface area contributed by atoms with E-state index in [2.05, 4.69) is 104 Å². The smallest absolute Gasteiger partial charge is 0.220 e. The van der Waals surface area contributed by atoms with Gasteiger partial charge in [-0.1, -0.05) is 220 Å². The van der Waals surface area contributed by atoms with Crippen LogP contribution in [0.15, 0.2) is 97.2 Å². The van der Waals surface area contributed by atoms with E-state index in [1.165, 1.54) is 96.3 Å². The SMILES string of the molecule is CC/C=C\C/C=C\C/C=C\C/C=C\C/C=C\C/C=C\CCCCCCC(=O)NC(COC1OC(CO)C(OC2OC(CO)C(OC3OC(CO)C(O)C(O)C3O)C(O)C2O)C(O)C1O)C(O)/C=C/CC/C=C/CCCCCCCCCCCCCCCCCC. The van der Waals surface area contributed by atoms with Crippen molar-refractivity contribution in [2.45, 2.75) is 317 Å². The fourth-order valence-corrected chi connectivity index (χ4v) is 11.0. The first-order valence-electron chi connectivity index (χ1n) is 34.5. The highest BCUT2D eigenvalue weighted by Crippen LogP contribution is 2.33. The molecule has 0 spiro atoms. The number of allylic oxidation sites excluding steroid dienone is 15. The average Bonchev–Trinajstić information content (AvgIpc) is 0.865. The summed E-state index contributed by atoms with van der Waals surface area (Å²) in [7, 11) is 0. The summed E-state index contributed by atoms with van der Waals surface area (Å²) in [5, 5.41) is 120. The summed E-state index contributed by atoms with van der Waals surface area (Å²) in [5.74, 6) is -0.313. The first-order chi connectivity index (χ1) is 43.8. The van der Waals surface area contributed by atoms with Gasteiger partial charge in [-0.2, -0.15) is 0 Å². The Hall–Kier alpha value is -3.29. The van der Waals surface area contributed by atoms with E-state index in [0.29, 0.717) is 12.8 Å². The second-order valence-electron chi connectivity index (χ2n) is 24.2. The largest absolute Gasteiger partial charge is 0.394 e. The Bertz CT molecular complexity index is 2010. The summed E-state index contributed by atoms with van der Waals surface area (Å²) < 4.78 is 34.3. The molecule has 3 aliphatic heterocycles. The highest BCUT2D eigenvalue weighted by atomic mass is 16.8. The molecule has 3 fully saturated rings. The van der Waals surface area contributed by atoms with Crippen LogP contribution in [0, 0.1) is 0 Å². The Labute approximate surface area is 539 Å². The molecular weight excluding hydrogens is 1150 g/mol. The molecule has 3 aliphatic rings. The van der Waals surface area contributed by atoms with Crippen LogP contribution in [0.5, 0.6) is 0 Å². The van der Waals surface area contributed by atoms with Crippen LogP contribution in [0.4, 0.5) is 0 Å². The fourth-order valence-electron chi connectivity index (χ4n) is 11.0. The number of hydrogen-bond donors (Lipinski definition) is 12. The van der Waals surface area contributed by atoms with Gasteiger partial charge in [0.1, 0.15) is 73.2 Å². The number of carbonyl (C=O) groups excluding carboxylic acids is 1. The van der Waals surface area contributed by atoms with Gasteiger partial charge in [-0.05, 0) is 83.5 Å². The van der Waals surface area contributed by atoms with E-state index >= 15 is 0 Å². The van der Waals surface area contributed by atoms with Crippen molar-refractivity contribution < 1.29 is 89.4 Å². The second-order valence-corrected chi connectivity index (χ2v) is 24.2. The third-order valence-electron chi connectivity index (χ3n) is 16.6. The van der Waals surface area contributed by atoms with Crippen LogP contribution in [0.2, 0.25) is 0 Å². The van der Waals surface area contributed by atoms with Crippen molar-refractivity contribution in [2.24, 2.45) is 0 Å². The van der Waals surface area contributed by atoms with E-state index in [9.17, 15) is 61.0 Å². The lowest BCUT2D eigenvalue weighted by molar-refractivity contribution is -0.379. The van der Waals surface area contributed by atoms with Gasteiger partial charge in [-0.3, -0.25) is 4.79 Å². The lowest BCUT2D eigenvalue weighted by Crippen LogP contribution is -2.66. The van der Waals surface area contributed by atoms with E-state index in [4.69, 9.17) is 28.4 Å². The van der Waals surface area contributed by atoms with Gasteiger partial charge >= 0.3 is 0 Å². The highest BCUT2D eigenvalue weighted by molar-refractivity contribution is 5.76. The van der Waals surface area contributed by atoms with Gasteiger partial charge in [-0.25, -0.2) is 0 Å². The zero-order valence-corrected chi connectivity index (χ0v) is 54.6. The van der Waals surface area contributed by atoms with E-state index in [1.807, 2.05) is 6.08 Å². The third kappa shape index (κ3) is 33.7. The molecule has 0 aromatic carbocycles. The maximum Gasteiger partial charge on any atom is 0.220 e. The molecule has 17 unspecified atom stereocenters. The number of unbranched alkanes of at least 4 members (excludes halogenated alkanes) is 21. The van der Waals surface area contributed by atoms with E-state index in [-0.39, 0.29) is 18.9 Å². The van der Waals surface area contributed by atoms with Gasteiger partial charge in [-0.15, -0.1) is 0 Å². The Morgan fingerprint density at radius 3 is 1.24 bits per heavy atom. The van der Waals surface area contributed by atoms with Crippen LogP contribution in [0.1, 0.15) is 213 Å². The van der Waals surface area contributed by atoms with Gasteiger partial charge in [0, 0.05) is 6.42 Å². The summed E-state index contributed by atoms with van der Waals surface area (Å²) in [5.41, 5.74) is 0. The number of aliphatic hydroxyl groups is 11. The molecule has 12 N–H and O–H groups in total. The molecule has 19 heteroatoms. The van der Waals surface area contributed by atoms with Crippen LogP contribution in [-0.2, 0) is 33.2 Å². The molecule has 17 atom stereocenters. The topological polar surface area (TPSA) is 307 Å². The van der Waals surface area contributed by atoms with Gasteiger partial charge in [0.15, 0.2) is 18.9 Å². The number of hydrogen-bond acceptors (Lipinski definition) is 18. The molecule has 3 saturated heterocycles. The molecule has 0 radical (unpaired) electrons. The molecule has 0 saturated carbocycles. The molecule has 0 bridgehead atoms. The number of ether oxygens (including phenoxy) is 6. The minimum absolute atomic E-state index is 0.200. The first-order valence-corrected chi connectivity index (χ1v) is 34.5. The zero-order chi connectivity index (χ0) is 65.4. The number of aliphatic hydroxyl groups excluding tert-OH is 11. The Morgan fingerprint density at radius 1 is 0.411 bits per heavy atom. The molecule has 0 aromatic rings. The Kier molecular flexibility index (Phi) is 46.8. The minimum atomic E-state index is -1.99. The molecule has 0 aliphatic carbocycles. The number of rotatable bonds is 51. The number of nitrogens with one attached hydrogen (secondary N) is 1. The standard InChI is InChI=1S/C71H121NO18/c1-3-5-7-9-11-13-15-17-19-21-23-25-27-29-31-33-35-37-39-41-43-45-47-49-59(77)72-54(55(76)48-46-44-42-40-38-36-34-32-30-28-26-24-22-20-18-16-14-12-10-8-6-4-2)53-85-69-65(83)62(80)67(57(51-74)87-69)90-71-66(84)63(81)68(58(52-75)88-71)89-70-64(82)61(79)60(78)56(50-73)86-70/h5,7,11,13,17,19,23,25,29,31,35,37-38,40,46,48,54-58,60-71,73-76,78-84H,3-4,6,8-10,12,14-16,18,20-22,24,26-28,30,32-34,36,39,41-45,47,49-53H2,1-2H3,(H,72,77)/b7-5-,13-11-,19-17-,25-23-,31-29-,37-35-,40-38+,48-46+. The van der Waals surface area contributed by atoms with Crippen molar-refractivity contribution in [3.63, 3.8) is 0 Å². The Balaban J connectivity index is 1.48. The second kappa shape index (κ2) is 52.0. The van der Waals surface area contributed by atoms with E-state index in [0.717, 1.165) is 83.5 Å². The van der Waals surface area contributed by atoms with Gasteiger partial charge in [0.05, 0.1) is 38.6 Å². The van der Waals surface area contributed by atoms with Crippen molar-refractivity contribution in [3.05, 3.63) is 97.2 Å². The predicted octanol–water partition coefficient (Wildman–Crippen LogP) is 8.88. The predicted molar refractivity (Wildman–Crippen MR) is 351 cm³/mol. The van der Waals surface area contributed by atoms with Crippen molar-refractivity contribution in [2.75, 3.05) is 26.4 Å². The van der Waals surface area contributed by atoms with Crippen molar-refractivity contribution >= 4 is 5.91 Å². The molecule has 19 nitrogen and oxygen atoms in total. The Morgan fingerprint density at radius 2 is 0.778 bits per heavy atom. The van der Waals surface area contributed by atoms with Crippen molar-refractivity contribution in [1.29, 1.82) is 0 Å². The minimum Gasteiger partial charge on any atom is -0.394 e.